The minimum atomic E-state index is -0.0347. The number of nitrogens with zero attached hydrogens (tertiary/aromatic N) is 1. The van der Waals surface area contributed by atoms with Gasteiger partial charge in [0, 0.05) is 5.56 Å². The lowest BCUT2D eigenvalue weighted by molar-refractivity contribution is -0.914. The molecule has 5 nitrogen and oxygen atoms in total. The van der Waals surface area contributed by atoms with Gasteiger partial charge in [0.15, 0.2) is 11.0 Å². The van der Waals surface area contributed by atoms with Gasteiger partial charge >= 0.3 is 0 Å². The molecule has 1 aromatic carbocycles. The number of nitrogens with one attached hydrogen (secondary N) is 1. The smallest absolute Gasteiger partial charge is 0.270 e. The van der Waals surface area contributed by atoms with Gasteiger partial charge in [0.1, 0.15) is 25.4 Å². The number of rotatable bonds is 6. The van der Waals surface area contributed by atoms with Crippen LogP contribution in [-0.4, -0.2) is 54.7 Å². The number of carbonyl (C=O) groups excluding carboxylic acids is 1. The standard InChI is InChI=1S/C18H20N2O3S2/c1-2-9-23-15-6-4-3-5-14(15)12-16-17(21)20(18(24)25-16)13-19-7-10-22-11-8-19/h2-6,12H,1,7-11,13H2/p+1/b16-12-. The number of quaternary nitrogens is 1. The molecule has 0 aliphatic carbocycles. The summed E-state index contributed by atoms with van der Waals surface area (Å²) in [6.07, 6.45) is 3.55. The lowest BCUT2D eigenvalue weighted by Gasteiger charge is -2.27. The van der Waals surface area contributed by atoms with Crippen molar-refractivity contribution >= 4 is 40.3 Å². The fourth-order valence-corrected chi connectivity index (χ4v) is 3.95. The quantitative estimate of drug-likeness (QED) is 0.460. The molecule has 1 N–H and O–H groups in total. The number of para-hydroxylation sites is 1. The van der Waals surface area contributed by atoms with Crippen LogP contribution in [0.3, 0.4) is 0 Å². The molecule has 3 rings (SSSR count). The average molecular weight is 378 g/mol. The molecule has 7 heteroatoms. The Morgan fingerprint density at radius 3 is 2.88 bits per heavy atom. The lowest BCUT2D eigenvalue weighted by atomic mass is 10.2. The molecule has 2 saturated heterocycles. The summed E-state index contributed by atoms with van der Waals surface area (Å²) in [5.41, 5.74) is 0.864. The van der Waals surface area contributed by atoms with Crippen LogP contribution in [0, 0.1) is 0 Å². The van der Waals surface area contributed by atoms with Crippen LogP contribution in [-0.2, 0) is 9.53 Å². The van der Waals surface area contributed by atoms with Crippen LogP contribution in [0.15, 0.2) is 41.8 Å². The Balaban J connectivity index is 1.75. The number of carbonyl (C=O) groups is 1. The Labute approximate surface area is 157 Å². The SMILES string of the molecule is C=CCOc1ccccc1/C=C1\SC(=S)N(C[NH+]2CCOCC2)C1=O. The number of thioether (sulfide) groups is 1. The average Bonchev–Trinajstić information content (AvgIpc) is 2.89. The van der Waals surface area contributed by atoms with Crippen LogP contribution in [0.1, 0.15) is 5.56 Å². The molecule has 1 amide bonds. The normalized spacial score (nSPS) is 20.3. The van der Waals surface area contributed by atoms with Gasteiger partial charge in [-0.15, -0.1) is 0 Å². The summed E-state index contributed by atoms with van der Waals surface area (Å²) < 4.78 is 11.6. The number of ether oxygens (including phenoxy) is 2. The predicted molar refractivity (Wildman–Crippen MR) is 104 cm³/mol. The van der Waals surface area contributed by atoms with E-state index in [-0.39, 0.29) is 5.91 Å². The fraction of sp³-hybridized carbons (Fsp3) is 0.333. The molecule has 1 aromatic rings. The topological polar surface area (TPSA) is 43.2 Å². The van der Waals surface area contributed by atoms with Gasteiger partial charge in [0.25, 0.3) is 5.91 Å². The van der Waals surface area contributed by atoms with E-state index in [1.165, 1.54) is 16.7 Å². The summed E-state index contributed by atoms with van der Waals surface area (Å²) in [5.74, 6) is 0.694. The summed E-state index contributed by atoms with van der Waals surface area (Å²) >= 11 is 6.77. The van der Waals surface area contributed by atoms with Crippen molar-refractivity contribution in [1.82, 2.24) is 4.90 Å². The van der Waals surface area contributed by atoms with Crippen LogP contribution in [0.4, 0.5) is 0 Å². The molecule has 0 radical (unpaired) electrons. The number of hydrogen-bond donors (Lipinski definition) is 1. The zero-order valence-electron chi connectivity index (χ0n) is 13.9. The summed E-state index contributed by atoms with van der Waals surface area (Å²) in [5, 5.41) is 0. The van der Waals surface area contributed by atoms with Crippen molar-refractivity contribution in [3.05, 3.63) is 47.4 Å². The molecule has 0 spiro atoms. The van der Waals surface area contributed by atoms with Crippen molar-refractivity contribution in [1.29, 1.82) is 0 Å². The minimum Gasteiger partial charge on any atom is -0.489 e. The van der Waals surface area contributed by atoms with Crippen molar-refractivity contribution in [2.75, 3.05) is 39.6 Å². The van der Waals surface area contributed by atoms with Crippen molar-refractivity contribution in [3.8, 4) is 5.75 Å². The number of amides is 1. The molecule has 0 aromatic heterocycles. The van der Waals surface area contributed by atoms with Crippen molar-refractivity contribution < 1.29 is 19.2 Å². The Morgan fingerprint density at radius 2 is 2.12 bits per heavy atom. The summed E-state index contributed by atoms with van der Waals surface area (Å²) in [4.78, 5) is 16.4. The van der Waals surface area contributed by atoms with Gasteiger partial charge < -0.3 is 14.4 Å². The molecule has 0 unspecified atom stereocenters. The molecule has 2 aliphatic rings. The first-order valence-corrected chi connectivity index (χ1v) is 9.41. The van der Waals surface area contributed by atoms with Gasteiger partial charge in [-0.2, -0.15) is 0 Å². The summed E-state index contributed by atoms with van der Waals surface area (Å²) in [6, 6.07) is 7.64. The fourth-order valence-electron chi connectivity index (χ4n) is 2.70. The largest absolute Gasteiger partial charge is 0.489 e. The maximum Gasteiger partial charge on any atom is 0.270 e. The molecular formula is C18H21N2O3S2+. The Hall–Kier alpha value is -1.67. The van der Waals surface area contributed by atoms with Gasteiger partial charge in [-0.25, -0.2) is 4.90 Å². The van der Waals surface area contributed by atoms with E-state index in [2.05, 4.69) is 6.58 Å². The predicted octanol–water partition coefficient (Wildman–Crippen LogP) is 1.33. The second-order valence-corrected chi connectivity index (χ2v) is 7.44. The van der Waals surface area contributed by atoms with E-state index >= 15 is 0 Å². The molecule has 0 atom stereocenters. The van der Waals surface area contributed by atoms with E-state index in [9.17, 15) is 4.79 Å². The molecule has 132 valence electrons. The molecule has 0 saturated carbocycles. The van der Waals surface area contributed by atoms with E-state index < -0.39 is 0 Å². The van der Waals surface area contributed by atoms with Crippen LogP contribution in [0.5, 0.6) is 5.75 Å². The number of benzene rings is 1. The first-order valence-electron chi connectivity index (χ1n) is 8.18. The lowest BCUT2D eigenvalue weighted by Crippen LogP contribution is -3.15. The third-order valence-electron chi connectivity index (χ3n) is 4.02. The highest BCUT2D eigenvalue weighted by atomic mass is 32.2. The van der Waals surface area contributed by atoms with Gasteiger partial charge in [-0.05, 0) is 12.1 Å². The van der Waals surface area contributed by atoms with Crippen LogP contribution < -0.4 is 9.64 Å². The van der Waals surface area contributed by atoms with E-state index in [0.717, 1.165) is 37.6 Å². The van der Waals surface area contributed by atoms with Crippen LogP contribution in [0.2, 0.25) is 0 Å². The summed E-state index contributed by atoms with van der Waals surface area (Å²) in [7, 11) is 0. The highest BCUT2D eigenvalue weighted by Gasteiger charge is 2.35. The monoisotopic (exact) mass is 377 g/mol. The first kappa shape index (κ1) is 18.1. The van der Waals surface area contributed by atoms with Crippen LogP contribution in [0.25, 0.3) is 6.08 Å². The zero-order valence-corrected chi connectivity index (χ0v) is 15.5. The van der Waals surface area contributed by atoms with E-state index in [0.29, 0.717) is 22.5 Å². The Kier molecular flexibility index (Phi) is 6.25. The Bertz CT molecular complexity index is 699. The highest BCUT2D eigenvalue weighted by Crippen LogP contribution is 2.33. The number of thiocarbonyl (C=S) groups is 1. The molecule has 2 fully saturated rings. The van der Waals surface area contributed by atoms with Crippen molar-refractivity contribution in [2.24, 2.45) is 0 Å². The van der Waals surface area contributed by atoms with Gasteiger partial charge in [0.05, 0.1) is 18.1 Å². The van der Waals surface area contributed by atoms with E-state index in [4.69, 9.17) is 21.7 Å². The maximum absolute atomic E-state index is 12.8. The second-order valence-electron chi connectivity index (χ2n) is 5.77. The first-order chi connectivity index (χ1) is 12.2. The van der Waals surface area contributed by atoms with Gasteiger partial charge in [0.2, 0.25) is 0 Å². The number of hydrogen-bond acceptors (Lipinski definition) is 5. The van der Waals surface area contributed by atoms with E-state index in [1.807, 2.05) is 30.3 Å². The maximum atomic E-state index is 12.8. The van der Waals surface area contributed by atoms with Crippen molar-refractivity contribution in [3.63, 3.8) is 0 Å². The summed E-state index contributed by atoms with van der Waals surface area (Å²) in [6.45, 7) is 7.94. The van der Waals surface area contributed by atoms with Gasteiger partial charge in [-0.3, -0.25) is 4.79 Å². The molecule has 0 bridgehead atoms. The zero-order chi connectivity index (χ0) is 17.6. The van der Waals surface area contributed by atoms with E-state index in [1.54, 1.807) is 11.0 Å². The third-order valence-corrected chi connectivity index (χ3v) is 5.40. The molecule has 2 heterocycles. The van der Waals surface area contributed by atoms with Gasteiger partial charge in [-0.1, -0.05) is 54.8 Å². The van der Waals surface area contributed by atoms with Crippen molar-refractivity contribution in [2.45, 2.75) is 0 Å². The third kappa shape index (κ3) is 4.49. The van der Waals surface area contributed by atoms with Crippen LogP contribution >= 0.6 is 24.0 Å². The second kappa shape index (κ2) is 8.62. The number of morpholine rings is 1. The molecule has 2 aliphatic heterocycles. The molecular weight excluding hydrogens is 356 g/mol. The molecule has 25 heavy (non-hydrogen) atoms. The minimum absolute atomic E-state index is 0.0347. The Morgan fingerprint density at radius 1 is 1.36 bits per heavy atom. The highest BCUT2D eigenvalue weighted by molar-refractivity contribution is 8.26.